The summed E-state index contributed by atoms with van der Waals surface area (Å²) in [5.74, 6) is 0. The number of aromatic amines is 1. The Morgan fingerprint density at radius 3 is 2.77 bits per heavy atom. The van der Waals surface area contributed by atoms with Gasteiger partial charge in [0.1, 0.15) is 6.61 Å². The monoisotopic (exact) mass is 300 g/mol. The number of aromatic nitrogens is 2. The van der Waals surface area contributed by atoms with E-state index >= 15 is 0 Å². The predicted molar refractivity (Wildman–Crippen MR) is 82.0 cm³/mol. The predicted octanol–water partition coefficient (Wildman–Crippen LogP) is 1.96. The number of amides is 1. The molecule has 116 valence electrons. The fourth-order valence-electron chi connectivity index (χ4n) is 2.47. The summed E-state index contributed by atoms with van der Waals surface area (Å²) in [5, 5.41) is 13.0. The Labute approximate surface area is 129 Å². The molecule has 1 aromatic heterocycles. The fourth-order valence-corrected chi connectivity index (χ4v) is 2.47. The summed E-state index contributed by atoms with van der Waals surface area (Å²) < 4.78 is 5.21. The van der Waals surface area contributed by atoms with E-state index in [1.165, 1.54) is 0 Å². The van der Waals surface area contributed by atoms with Gasteiger partial charge in [-0.25, -0.2) is 4.79 Å². The molecule has 22 heavy (non-hydrogen) atoms. The van der Waals surface area contributed by atoms with Gasteiger partial charge in [-0.3, -0.25) is 5.10 Å². The van der Waals surface area contributed by atoms with E-state index < -0.39 is 0 Å². The lowest BCUT2D eigenvalue weighted by Crippen LogP contribution is -2.52. The molecule has 0 bridgehead atoms. The lowest BCUT2D eigenvalue weighted by molar-refractivity contribution is 0.125. The van der Waals surface area contributed by atoms with Gasteiger partial charge in [-0.05, 0) is 18.4 Å². The SMILES string of the molecule is O=C(NC1CC(NCc2cn[nH]c2)C1)OCc1ccccc1. The average molecular weight is 300 g/mol. The summed E-state index contributed by atoms with van der Waals surface area (Å²) in [6.07, 6.45) is 5.20. The molecule has 1 aliphatic carbocycles. The summed E-state index contributed by atoms with van der Waals surface area (Å²) in [6, 6.07) is 10.3. The summed E-state index contributed by atoms with van der Waals surface area (Å²) in [7, 11) is 0. The summed E-state index contributed by atoms with van der Waals surface area (Å²) in [5.41, 5.74) is 2.13. The van der Waals surface area contributed by atoms with E-state index in [1.807, 2.05) is 42.7 Å². The smallest absolute Gasteiger partial charge is 0.407 e. The maximum atomic E-state index is 11.7. The van der Waals surface area contributed by atoms with Crippen LogP contribution in [0.15, 0.2) is 42.7 Å². The molecule has 0 unspecified atom stereocenters. The van der Waals surface area contributed by atoms with E-state index in [0.717, 1.165) is 30.5 Å². The van der Waals surface area contributed by atoms with Crippen molar-refractivity contribution < 1.29 is 9.53 Å². The molecule has 0 spiro atoms. The van der Waals surface area contributed by atoms with Crippen LogP contribution in [-0.2, 0) is 17.9 Å². The van der Waals surface area contributed by atoms with Gasteiger partial charge in [0.05, 0.1) is 6.20 Å². The van der Waals surface area contributed by atoms with E-state index in [9.17, 15) is 4.79 Å². The Morgan fingerprint density at radius 2 is 2.05 bits per heavy atom. The van der Waals surface area contributed by atoms with Gasteiger partial charge in [0, 0.05) is 30.4 Å². The molecule has 0 atom stereocenters. The first kappa shape index (κ1) is 14.6. The van der Waals surface area contributed by atoms with E-state index in [1.54, 1.807) is 0 Å². The lowest BCUT2D eigenvalue weighted by atomic mass is 9.87. The van der Waals surface area contributed by atoms with Gasteiger partial charge in [0.25, 0.3) is 0 Å². The van der Waals surface area contributed by atoms with Crippen LogP contribution >= 0.6 is 0 Å². The molecule has 0 radical (unpaired) electrons. The Morgan fingerprint density at radius 1 is 1.23 bits per heavy atom. The number of alkyl carbamates (subject to hydrolysis) is 1. The van der Waals surface area contributed by atoms with Gasteiger partial charge in [0.2, 0.25) is 0 Å². The molecule has 0 saturated heterocycles. The zero-order valence-corrected chi connectivity index (χ0v) is 12.3. The van der Waals surface area contributed by atoms with Crippen molar-refractivity contribution in [3.8, 4) is 0 Å². The molecule has 1 heterocycles. The Hall–Kier alpha value is -2.34. The molecule has 3 rings (SSSR count). The second-order valence-corrected chi connectivity index (χ2v) is 5.56. The molecule has 1 fully saturated rings. The molecule has 6 heteroatoms. The minimum atomic E-state index is -0.345. The lowest BCUT2D eigenvalue weighted by Gasteiger charge is -2.36. The first-order chi connectivity index (χ1) is 10.8. The molecule has 3 N–H and O–H groups in total. The maximum absolute atomic E-state index is 11.7. The summed E-state index contributed by atoms with van der Waals surface area (Å²) in [4.78, 5) is 11.7. The summed E-state index contributed by atoms with van der Waals surface area (Å²) >= 11 is 0. The molecule has 1 saturated carbocycles. The number of ether oxygens (including phenoxy) is 1. The van der Waals surface area contributed by atoms with Crippen LogP contribution in [0.2, 0.25) is 0 Å². The van der Waals surface area contributed by atoms with Crippen molar-refractivity contribution >= 4 is 6.09 Å². The van der Waals surface area contributed by atoms with Crippen LogP contribution in [0, 0.1) is 0 Å². The maximum Gasteiger partial charge on any atom is 0.407 e. The van der Waals surface area contributed by atoms with E-state index in [4.69, 9.17) is 4.74 Å². The Bertz CT molecular complexity index is 579. The van der Waals surface area contributed by atoms with Crippen LogP contribution in [0.3, 0.4) is 0 Å². The normalized spacial score (nSPS) is 20.2. The molecule has 1 aromatic carbocycles. The van der Waals surface area contributed by atoms with Crippen molar-refractivity contribution in [2.75, 3.05) is 0 Å². The van der Waals surface area contributed by atoms with Gasteiger partial charge >= 0.3 is 6.09 Å². The average Bonchev–Trinajstić information content (AvgIpc) is 3.01. The molecule has 1 amide bonds. The van der Waals surface area contributed by atoms with Crippen molar-refractivity contribution in [1.29, 1.82) is 0 Å². The highest BCUT2D eigenvalue weighted by Crippen LogP contribution is 2.20. The van der Waals surface area contributed by atoms with Crippen LogP contribution < -0.4 is 10.6 Å². The molecule has 2 aromatic rings. The number of rotatable bonds is 6. The highest BCUT2D eigenvalue weighted by Gasteiger charge is 2.30. The van der Waals surface area contributed by atoms with Crippen LogP contribution in [0.25, 0.3) is 0 Å². The standard InChI is InChI=1S/C16H20N4O2/c21-16(22-11-12-4-2-1-3-5-12)20-15-6-14(7-15)17-8-13-9-18-19-10-13/h1-5,9-10,14-15,17H,6-8,11H2,(H,18,19)(H,20,21). The van der Waals surface area contributed by atoms with E-state index in [-0.39, 0.29) is 12.1 Å². The first-order valence-electron chi connectivity index (χ1n) is 7.48. The molecular weight excluding hydrogens is 280 g/mol. The van der Waals surface area contributed by atoms with Gasteiger partial charge in [-0.2, -0.15) is 5.10 Å². The van der Waals surface area contributed by atoms with Gasteiger partial charge < -0.3 is 15.4 Å². The topological polar surface area (TPSA) is 79.0 Å². The third kappa shape index (κ3) is 4.08. The van der Waals surface area contributed by atoms with Gasteiger partial charge in [-0.1, -0.05) is 30.3 Å². The first-order valence-corrected chi connectivity index (χ1v) is 7.48. The third-order valence-corrected chi connectivity index (χ3v) is 3.82. The van der Waals surface area contributed by atoms with E-state index in [2.05, 4.69) is 20.8 Å². The van der Waals surface area contributed by atoms with E-state index in [0.29, 0.717) is 12.6 Å². The second-order valence-electron chi connectivity index (χ2n) is 5.56. The van der Waals surface area contributed by atoms with Crippen molar-refractivity contribution in [3.63, 3.8) is 0 Å². The number of nitrogens with zero attached hydrogens (tertiary/aromatic N) is 1. The molecule has 6 nitrogen and oxygen atoms in total. The number of H-pyrrole nitrogens is 1. The Balaban J connectivity index is 1.29. The van der Waals surface area contributed by atoms with Gasteiger partial charge in [0.15, 0.2) is 0 Å². The zero-order valence-electron chi connectivity index (χ0n) is 12.3. The zero-order chi connectivity index (χ0) is 15.2. The molecular formula is C16H20N4O2. The number of hydrogen-bond donors (Lipinski definition) is 3. The molecule has 0 aliphatic heterocycles. The number of nitrogens with one attached hydrogen (secondary N) is 3. The number of carbonyl (C=O) groups is 1. The number of benzene rings is 1. The van der Waals surface area contributed by atoms with Crippen LogP contribution in [0.5, 0.6) is 0 Å². The van der Waals surface area contributed by atoms with Crippen molar-refractivity contribution in [1.82, 2.24) is 20.8 Å². The van der Waals surface area contributed by atoms with Gasteiger partial charge in [-0.15, -0.1) is 0 Å². The third-order valence-electron chi connectivity index (χ3n) is 3.82. The minimum absolute atomic E-state index is 0.199. The van der Waals surface area contributed by atoms with Crippen LogP contribution in [0.4, 0.5) is 4.79 Å². The summed E-state index contributed by atoms with van der Waals surface area (Å²) in [6.45, 7) is 1.11. The molecule has 1 aliphatic rings. The number of hydrogen-bond acceptors (Lipinski definition) is 4. The van der Waals surface area contributed by atoms with Crippen molar-refractivity contribution in [2.24, 2.45) is 0 Å². The van der Waals surface area contributed by atoms with Crippen molar-refractivity contribution in [3.05, 3.63) is 53.9 Å². The Kier molecular flexibility index (Phi) is 4.70. The van der Waals surface area contributed by atoms with Crippen LogP contribution in [-0.4, -0.2) is 28.4 Å². The van der Waals surface area contributed by atoms with Crippen LogP contribution in [0.1, 0.15) is 24.0 Å². The number of carbonyl (C=O) groups excluding carboxylic acids is 1. The highest BCUT2D eigenvalue weighted by atomic mass is 16.5. The minimum Gasteiger partial charge on any atom is -0.445 e. The highest BCUT2D eigenvalue weighted by molar-refractivity contribution is 5.67. The largest absolute Gasteiger partial charge is 0.445 e. The van der Waals surface area contributed by atoms with Crippen molar-refractivity contribution in [2.45, 2.75) is 38.1 Å². The quantitative estimate of drug-likeness (QED) is 0.762. The fraction of sp³-hybridized carbons (Fsp3) is 0.375. The second kappa shape index (κ2) is 7.09.